The topological polar surface area (TPSA) is 24.9 Å². The Labute approximate surface area is 108 Å². The summed E-state index contributed by atoms with van der Waals surface area (Å²) < 4.78 is 13.6. The molecule has 0 bridgehead atoms. The van der Waals surface area contributed by atoms with Crippen molar-refractivity contribution in [1.82, 2.24) is 10.3 Å². The minimum Gasteiger partial charge on any atom is -0.312 e. The van der Waals surface area contributed by atoms with Gasteiger partial charge >= 0.3 is 0 Å². The van der Waals surface area contributed by atoms with Gasteiger partial charge in [0.2, 0.25) is 0 Å². The van der Waals surface area contributed by atoms with E-state index in [1.54, 1.807) is 12.3 Å². The largest absolute Gasteiger partial charge is 0.312 e. The van der Waals surface area contributed by atoms with Gasteiger partial charge in [0.1, 0.15) is 10.8 Å². The van der Waals surface area contributed by atoms with E-state index in [-0.39, 0.29) is 11.9 Å². The molecular formula is C12H12ClFN2S. The number of nitrogens with zero attached hydrogens (tertiary/aromatic N) is 1. The zero-order valence-electron chi connectivity index (χ0n) is 9.50. The molecular weight excluding hydrogens is 259 g/mol. The molecule has 1 atom stereocenters. The molecule has 1 heterocycles. The number of benzene rings is 1. The fourth-order valence-corrected chi connectivity index (χ4v) is 2.58. The fraction of sp³-hybridized carbons (Fsp3) is 0.250. The maximum Gasteiger partial charge on any atom is 0.133 e. The van der Waals surface area contributed by atoms with E-state index in [2.05, 4.69) is 10.3 Å². The number of hydrogen-bond donors (Lipinski definition) is 1. The summed E-state index contributed by atoms with van der Waals surface area (Å²) in [5.41, 5.74) is 0.456. The van der Waals surface area contributed by atoms with Gasteiger partial charge in [-0.25, -0.2) is 9.37 Å². The van der Waals surface area contributed by atoms with Gasteiger partial charge in [-0.1, -0.05) is 11.6 Å². The highest BCUT2D eigenvalue weighted by atomic mass is 35.5. The molecule has 1 unspecified atom stereocenters. The Bertz CT molecular complexity index is 527. The SMILES string of the molecule is CNC(C)c1cnc(-c2cc(Cl)ccc2F)s1. The van der Waals surface area contributed by atoms with Crippen LogP contribution in [-0.2, 0) is 0 Å². The Morgan fingerprint density at radius 1 is 1.47 bits per heavy atom. The average Bonchev–Trinajstić information content (AvgIpc) is 2.80. The number of nitrogens with one attached hydrogen (secondary N) is 1. The van der Waals surface area contributed by atoms with Crippen molar-refractivity contribution < 1.29 is 4.39 Å². The standard InChI is InChI=1S/C12H12ClFN2S/c1-7(15-2)11-6-16-12(17-11)9-5-8(13)3-4-10(9)14/h3-7,15H,1-2H3. The molecule has 0 saturated carbocycles. The predicted molar refractivity (Wildman–Crippen MR) is 70.0 cm³/mol. The van der Waals surface area contributed by atoms with Crippen LogP contribution in [0.1, 0.15) is 17.8 Å². The van der Waals surface area contributed by atoms with Gasteiger partial charge in [0.05, 0.1) is 0 Å². The van der Waals surface area contributed by atoms with Crippen molar-refractivity contribution in [3.05, 3.63) is 40.1 Å². The predicted octanol–water partition coefficient (Wildman–Crippen LogP) is 3.88. The maximum absolute atomic E-state index is 13.6. The molecule has 5 heteroatoms. The number of rotatable bonds is 3. The van der Waals surface area contributed by atoms with Gasteiger partial charge in [-0.05, 0) is 32.2 Å². The van der Waals surface area contributed by atoms with Crippen LogP contribution < -0.4 is 5.32 Å². The molecule has 1 aromatic heterocycles. The molecule has 0 aliphatic rings. The lowest BCUT2D eigenvalue weighted by Gasteiger charge is -2.05. The van der Waals surface area contributed by atoms with E-state index in [9.17, 15) is 4.39 Å². The normalized spacial score (nSPS) is 12.7. The molecule has 0 fully saturated rings. The van der Waals surface area contributed by atoms with Crippen LogP contribution in [0.15, 0.2) is 24.4 Å². The van der Waals surface area contributed by atoms with Crippen LogP contribution in [0.5, 0.6) is 0 Å². The molecule has 2 rings (SSSR count). The molecule has 0 saturated heterocycles. The summed E-state index contributed by atoms with van der Waals surface area (Å²) in [6, 6.07) is 4.71. The molecule has 0 amide bonds. The molecule has 1 N–H and O–H groups in total. The van der Waals surface area contributed by atoms with Crippen molar-refractivity contribution in [1.29, 1.82) is 0 Å². The first kappa shape index (κ1) is 12.5. The lowest BCUT2D eigenvalue weighted by Crippen LogP contribution is -2.10. The molecule has 0 radical (unpaired) electrons. The minimum absolute atomic E-state index is 0.212. The quantitative estimate of drug-likeness (QED) is 0.915. The van der Waals surface area contributed by atoms with E-state index in [0.717, 1.165) is 4.88 Å². The van der Waals surface area contributed by atoms with Crippen LogP contribution in [-0.4, -0.2) is 12.0 Å². The highest BCUT2D eigenvalue weighted by Gasteiger charge is 2.12. The van der Waals surface area contributed by atoms with Gasteiger partial charge in [0.15, 0.2) is 0 Å². The molecule has 1 aromatic carbocycles. The number of thiazole rings is 1. The fourth-order valence-electron chi connectivity index (χ4n) is 1.41. The first-order valence-corrected chi connectivity index (χ1v) is 6.39. The van der Waals surface area contributed by atoms with Gasteiger partial charge in [0.25, 0.3) is 0 Å². The van der Waals surface area contributed by atoms with Crippen LogP contribution >= 0.6 is 22.9 Å². The Hall–Kier alpha value is -0.970. The highest BCUT2D eigenvalue weighted by Crippen LogP contribution is 2.31. The summed E-state index contributed by atoms with van der Waals surface area (Å²) in [5, 5.41) is 4.29. The summed E-state index contributed by atoms with van der Waals surface area (Å²) in [6.07, 6.45) is 1.77. The van der Waals surface area contributed by atoms with Crippen molar-refractivity contribution in [3.63, 3.8) is 0 Å². The molecule has 2 aromatic rings. The van der Waals surface area contributed by atoms with Gasteiger partial charge < -0.3 is 5.32 Å². The van der Waals surface area contributed by atoms with Crippen LogP contribution in [0.2, 0.25) is 5.02 Å². The lowest BCUT2D eigenvalue weighted by atomic mass is 10.2. The molecule has 0 aliphatic carbocycles. The second-order valence-electron chi connectivity index (χ2n) is 3.70. The highest BCUT2D eigenvalue weighted by molar-refractivity contribution is 7.15. The monoisotopic (exact) mass is 270 g/mol. The van der Waals surface area contributed by atoms with E-state index >= 15 is 0 Å². The second kappa shape index (κ2) is 5.12. The first-order valence-electron chi connectivity index (χ1n) is 5.20. The van der Waals surface area contributed by atoms with Crippen molar-refractivity contribution in [2.24, 2.45) is 0 Å². The van der Waals surface area contributed by atoms with Crippen LogP contribution in [0.3, 0.4) is 0 Å². The average molecular weight is 271 g/mol. The third kappa shape index (κ3) is 2.65. The molecule has 2 nitrogen and oxygen atoms in total. The Balaban J connectivity index is 2.40. The smallest absolute Gasteiger partial charge is 0.133 e. The van der Waals surface area contributed by atoms with Crippen molar-refractivity contribution in [3.8, 4) is 10.6 Å². The van der Waals surface area contributed by atoms with Crippen LogP contribution in [0, 0.1) is 5.82 Å². The minimum atomic E-state index is -0.299. The molecule has 0 spiro atoms. The van der Waals surface area contributed by atoms with Crippen LogP contribution in [0.25, 0.3) is 10.6 Å². The van der Waals surface area contributed by atoms with E-state index < -0.39 is 0 Å². The van der Waals surface area contributed by atoms with Gasteiger partial charge in [0, 0.05) is 27.7 Å². The van der Waals surface area contributed by atoms with Crippen molar-refractivity contribution in [2.45, 2.75) is 13.0 Å². The summed E-state index contributed by atoms with van der Waals surface area (Å²) in [7, 11) is 1.88. The number of hydrogen-bond acceptors (Lipinski definition) is 3. The van der Waals surface area contributed by atoms with Gasteiger partial charge in [-0.2, -0.15) is 0 Å². The molecule has 0 aliphatic heterocycles. The van der Waals surface area contributed by atoms with E-state index in [0.29, 0.717) is 15.6 Å². The van der Waals surface area contributed by atoms with E-state index in [4.69, 9.17) is 11.6 Å². The van der Waals surface area contributed by atoms with Crippen molar-refractivity contribution in [2.75, 3.05) is 7.05 Å². The number of aromatic nitrogens is 1. The van der Waals surface area contributed by atoms with E-state index in [1.807, 2.05) is 14.0 Å². The third-order valence-corrected chi connectivity index (χ3v) is 3.99. The summed E-state index contributed by atoms with van der Waals surface area (Å²) in [4.78, 5) is 5.31. The Morgan fingerprint density at radius 2 is 2.24 bits per heavy atom. The summed E-state index contributed by atoms with van der Waals surface area (Å²) in [6.45, 7) is 2.03. The van der Waals surface area contributed by atoms with E-state index in [1.165, 1.54) is 23.5 Å². The molecule has 17 heavy (non-hydrogen) atoms. The lowest BCUT2D eigenvalue weighted by molar-refractivity contribution is 0.631. The Morgan fingerprint density at radius 3 is 2.94 bits per heavy atom. The van der Waals surface area contributed by atoms with Gasteiger partial charge in [-0.3, -0.25) is 0 Å². The first-order chi connectivity index (χ1) is 8.11. The maximum atomic E-state index is 13.6. The molecule has 90 valence electrons. The zero-order valence-corrected chi connectivity index (χ0v) is 11.1. The second-order valence-corrected chi connectivity index (χ2v) is 5.20. The van der Waals surface area contributed by atoms with Crippen molar-refractivity contribution >= 4 is 22.9 Å². The number of halogens is 2. The van der Waals surface area contributed by atoms with Gasteiger partial charge in [-0.15, -0.1) is 11.3 Å². The zero-order chi connectivity index (χ0) is 12.4. The third-order valence-electron chi connectivity index (χ3n) is 2.54. The summed E-state index contributed by atoms with van der Waals surface area (Å²) in [5.74, 6) is -0.299. The van der Waals surface area contributed by atoms with Crippen LogP contribution in [0.4, 0.5) is 4.39 Å². The Kier molecular flexibility index (Phi) is 3.76. The summed E-state index contributed by atoms with van der Waals surface area (Å²) >= 11 is 7.33.